The first-order valence-corrected chi connectivity index (χ1v) is 10.8. The maximum Gasteiger partial charge on any atom is 0.306 e. The summed E-state index contributed by atoms with van der Waals surface area (Å²) >= 11 is 0. The highest BCUT2D eigenvalue weighted by Gasteiger charge is 2.32. The average molecular weight is 455 g/mol. The van der Waals surface area contributed by atoms with E-state index in [4.69, 9.17) is 4.74 Å². The number of ether oxygens (including phenoxy) is 1. The van der Waals surface area contributed by atoms with E-state index in [1.807, 2.05) is 18.2 Å². The highest BCUT2D eigenvalue weighted by molar-refractivity contribution is 5.75. The number of aromatic hydroxyl groups is 1. The molecule has 0 saturated carbocycles. The van der Waals surface area contributed by atoms with Gasteiger partial charge in [-0.3, -0.25) is 4.79 Å². The Labute approximate surface area is 192 Å². The second-order valence-electron chi connectivity index (χ2n) is 7.90. The number of halogens is 2. The molecular formula is C26H28F2N2O3. The second-order valence-corrected chi connectivity index (χ2v) is 7.90. The monoisotopic (exact) mass is 454 g/mol. The van der Waals surface area contributed by atoms with Crippen LogP contribution in [0.25, 0.3) is 0 Å². The van der Waals surface area contributed by atoms with E-state index in [2.05, 4.69) is 17.6 Å². The number of phenols is 1. The SMILES string of the molecule is CC(CNCCc1ccc(OCC(F)(F)c2ccccc2)cc1)c1ccc(O)c(NC=O)c1. The number of alkyl halides is 2. The van der Waals surface area contributed by atoms with Gasteiger partial charge in [-0.2, -0.15) is 8.78 Å². The van der Waals surface area contributed by atoms with Gasteiger partial charge in [0.1, 0.15) is 11.5 Å². The third-order valence-corrected chi connectivity index (χ3v) is 5.38. The summed E-state index contributed by atoms with van der Waals surface area (Å²) in [6.45, 7) is 2.81. The molecule has 1 unspecified atom stereocenters. The molecule has 7 heteroatoms. The Morgan fingerprint density at radius 3 is 2.48 bits per heavy atom. The van der Waals surface area contributed by atoms with Crippen molar-refractivity contribution in [2.24, 2.45) is 0 Å². The van der Waals surface area contributed by atoms with Crippen LogP contribution < -0.4 is 15.4 Å². The molecule has 3 aromatic carbocycles. The van der Waals surface area contributed by atoms with Gasteiger partial charge in [0, 0.05) is 12.1 Å². The summed E-state index contributed by atoms with van der Waals surface area (Å²) in [4.78, 5) is 10.6. The fraction of sp³-hybridized carbons (Fsp3) is 0.269. The summed E-state index contributed by atoms with van der Waals surface area (Å²) in [6.07, 6.45) is 1.31. The Hall–Kier alpha value is -3.45. The number of carbonyl (C=O) groups excluding carboxylic acids is 1. The number of carbonyl (C=O) groups is 1. The number of benzene rings is 3. The predicted molar refractivity (Wildman–Crippen MR) is 125 cm³/mol. The van der Waals surface area contributed by atoms with Crippen molar-refractivity contribution >= 4 is 12.1 Å². The number of hydrogen-bond donors (Lipinski definition) is 3. The van der Waals surface area contributed by atoms with Gasteiger partial charge in [-0.25, -0.2) is 0 Å². The second kappa shape index (κ2) is 11.4. The minimum atomic E-state index is -3.05. The van der Waals surface area contributed by atoms with Gasteiger partial charge >= 0.3 is 5.92 Å². The molecule has 1 amide bonds. The largest absolute Gasteiger partial charge is 0.506 e. The van der Waals surface area contributed by atoms with Crippen LogP contribution in [-0.2, 0) is 17.1 Å². The van der Waals surface area contributed by atoms with Gasteiger partial charge in [-0.1, -0.05) is 55.5 Å². The van der Waals surface area contributed by atoms with Crippen molar-refractivity contribution in [1.29, 1.82) is 0 Å². The summed E-state index contributed by atoms with van der Waals surface area (Å²) < 4.78 is 33.8. The minimum Gasteiger partial charge on any atom is -0.506 e. The lowest BCUT2D eigenvalue weighted by Crippen LogP contribution is -2.23. The Morgan fingerprint density at radius 1 is 1.06 bits per heavy atom. The lowest BCUT2D eigenvalue weighted by Gasteiger charge is -2.17. The smallest absolute Gasteiger partial charge is 0.306 e. The summed E-state index contributed by atoms with van der Waals surface area (Å²) in [5.74, 6) is -2.44. The molecule has 0 saturated heterocycles. The van der Waals surface area contributed by atoms with E-state index in [1.165, 1.54) is 12.1 Å². The van der Waals surface area contributed by atoms with E-state index in [0.717, 1.165) is 30.6 Å². The number of anilines is 1. The Kier molecular flexibility index (Phi) is 8.38. The van der Waals surface area contributed by atoms with Crippen LogP contribution in [0.3, 0.4) is 0 Å². The number of rotatable bonds is 12. The molecule has 0 aliphatic rings. The van der Waals surface area contributed by atoms with E-state index < -0.39 is 12.5 Å². The van der Waals surface area contributed by atoms with Crippen LogP contribution in [-0.4, -0.2) is 31.2 Å². The highest BCUT2D eigenvalue weighted by atomic mass is 19.3. The van der Waals surface area contributed by atoms with Gasteiger partial charge in [0.15, 0.2) is 6.61 Å². The highest BCUT2D eigenvalue weighted by Crippen LogP contribution is 2.29. The van der Waals surface area contributed by atoms with Crippen molar-refractivity contribution in [3.8, 4) is 11.5 Å². The van der Waals surface area contributed by atoms with Crippen LogP contribution in [0.2, 0.25) is 0 Å². The van der Waals surface area contributed by atoms with Crippen LogP contribution in [0.1, 0.15) is 29.5 Å². The van der Waals surface area contributed by atoms with Crippen molar-refractivity contribution in [3.63, 3.8) is 0 Å². The molecule has 0 heterocycles. The first-order valence-electron chi connectivity index (χ1n) is 10.8. The normalized spacial score (nSPS) is 12.2. The molecule has 33 heavy (non-hydrogen) atoms. The van der Waals surface area contributed by atoms with E-state index in [0.29, 0.717) is 17.8 Å². The Morgan fingerprint density at radius 2 is 1.79 bits per heavy atom. The molecule has 3 rings (SSSR count). The number of nitrogens with one attached hydrogen (secondary N) is 2. The molecule has 0 radical (unpaired) electrons. The van der Waals surface area contributed by atoms with Gasteiger partial charge in [0.2, 0.25) is 6.41 Å². The molecular weight excluding hydrogens is 426 g/mol. The number of phenolic OH excluding ortho intramolecular Hbond substituents is 1. The zero-order valence-electron chi connectivity index (χ0n) is 18.4. The number of hydrogen-bond acceptors (Lipinski definition) is 4. The molecule has 0 spiro atoms. The van der Waals surface area contributed by atoms with Gasteiger partial charge < -0.3 is 20.5 Å². The van der Waals surface area contributed by atoms with Gasteiger partial charge in [-0.15, -0.1) is 0 Å². The van der Waals surface area contributed by atoms with E-state index >= 15 is 0 Å². The summed E-state index contributed by atoms with van der Waals surface area (Å²) in [6, 6.07) is 20.0. The van der Waals surface area contributed by atoms with E-state index in [9.17, 15) is 18.7 Å². The zero-order valence-corrected chi connectivity index (χ0v) is 18.4. The molecule has 5 nitrogen and oxygen atoms in total. The summed E-state index contributed by atoms with van der Waals surface area (Å²) in [7, 11) is 0. The fourth-order valence-electron chi connectivity index (χ4n) is 3.40. The van der Waals surface area contributed by atoms with Crippen LogP contribution in [0.5, 0.6) is 11.5 Å². The molecule has 0 aromatic heterocycles. The maximum absolute atomic E-state index is 14.2. The summed E-state index contributed by atoms with van der Waals surface area (Å²) in [5.41, 5.74) is 2.39. The van der Waals surface area contributed by atoms with E-state index in [-0.39, 0.29) is 17.2 Å². The van der Waals surface area contributed by atoms with Crippen LogP contribution >= 0.6 is 0 Å². The van der Waals surface area contributed by atoms with Crippen LogP contribution in [0.15, 0.2) is 72.8 Å². The molecule has 3 N–H and O–H groups in total. The fourth-order valence-corrected chi connectivity index (χ4v) is 3.40. The quantitative estimate of drug-likeness (QED) is 0.203. The molecule has 174 valence electrons. The van der Waals surface area contributed by atoms with Crippen molar-refractivity contribution in [2.75, 3.05) is 25.0 Å². The summed E-state index contributed by atoms with van der Waals surface area (Å²) in [5, 5.41) is 15.6. The first kappa shape index (κ1) is 24.2. The molecule has 0 fully saturated rings. The third-order valence-electron chi connectivity index (χ3n) is 5.38. The lowest BCUT2D eigenvalue weighted by atomic mass is 10.00. The molecule has 1 atom stereocenters. The van der Waals surface area contributed by atoms with Crippen LogP contribution in [0, 0.1) is 0 Å². The van der Waals surface area contributed by atoms with E-state index in [1.54, 1.807) is 42.5 Å². The molecule has 0 aliphatic carbocycles. The molecule has 0 aliphatic heterocycles. The van der Waals surface area contributed by atoms with Gasteiger partial charge in [-0.05, 0) is 54.3 Å². The average Bonchev–Trinajstić information content (AvgIpc) is 2.83. The van der Waals surface area contributed by atoms with Crippen molar-refractivity contribution < 1.29 is 23.4 Å². The third kappa shape index (κ3) is 7.02. The minimum absolute atomic E-state index is 0.0298. The Balaban J connectivity index is 1.42. The van der Waals surface area contributed by atoms with Crippen LogP contribution in [0.4, 0.5) is 14.5 Å². The lowest BCUT2D eigenvalue weighted by molar-refractivity contribution is -0.105. The van der Waals surface area contributed by atoms with Crippen molar-refractivity contribution in [1.82, 2.24) is 5.32 Å². The van der Waals surface area contributed by atoms with Gasteiger partial charge in [0.25, 0.3) is 0 Å². The predicted octanol–water partition coefficient (Wildman–Crippen LogP) is 5.07. The maximum atomic E-state index is 14.2. The first-order chi connectivity index (χ1) is 15.9. The standard InChI is InChI=1S/C26H28F2N2O3/c1-19(21-9-12-25(32)24(15-21)30-18-31)16-29-14-13-20-7-10-23(11-8-20)33-17-26(27,28)22-5-3-2-4-6-22/h2-12,15,18-19,29,32H,13-14,16-17H2,1H3,(H,30,31). The van der Waals surface area contributed by atoms with Gasteiger partial charge in [0.05, 0.1) is 5.69 Å². The zero-order chi connectivity index (χ0) is 23.7. The molecule has 3 aromatic rings. The number of amides is 1. The van der Waals surface area contributed by atoms with Crippen molar-refractivity contribution in [3.05, 3.63) is 89.5 Å². The van der Waals surface area contributed by atoms with Crippen molar-refractivity contribution in [2.45, 2.75) is 25.2 Å². The molecule has 0 bridgehead atoms. The topological polar surface area (TPSA) is 70.6 Å². The Bertz CT molecular complexity index is 1030.